The van der Waals surface area contributed by atoms with Crippen LogP contribution in [0.3, 0.4) is 0 Å². The minimum Gasteiger partial charge on any atom is -0.496 e. The molecule has 5 unspecified atom stereocenters. The standard InChI is InChI=1S/C24H33BN2O7/c1-23(2)14-11-16(23)24(3)17(12-14)33-25(34-24)18(27-20(29)9-8-19(26)28)10-13-6-5-7-15(22(30)31)21(13)32-4/h5-7,14,16-18H,8-12H2,1-4H3,(H2,26,28)(H,27,29)(H,30,31). The molecule has 1 aromatic carbocycles. The minimum atomic E-state index is -1.10. The van der Waals surface area contributed by atoms with E-state index in [2.05, 4.69) is 26.1 Å². The van der Waals surface area contributed by atoms with Crippen molar-refractivity contribution in [3.05, 3.63) is 29.3 Å². The van der Waals surface area contributed by atoms with E-state index in [4.69, 9.17) is 19.8 Å². The number of carbonyl (C=O) groups excluding carboxylic acids is 2. The molecule has 5 atom stereocenters. The highest BCUT2D eigenvalue weighted by Gasteiger charge is 2.68. The molecule has 0 aromatic heterocycles. The first-order valence-electron chi connectivity index (χ1n) is 11.8. The molecule has 4 fully saturated rings. The number of hydrogen-bond donors (Lipinski definition) is 3. The van der Waals surface area contributed by atoms with Crippen LogP contribution in [0.4, 0.5) is 0 Å². The lowest BCUT2D eigenvalue weighted by atomic mass is 9.43. The van der Waals surface area contributed by atoms with Crippen LogP contribution in [0.5, 0.6) is 5.75 Å². The van der Waals surface area contributed by atoms with Crippen LogP contribution < -0.4 is 15.8 Å². The maximum atomic E-state index is 12.6. The Kier molecular flexibility index (Phi) is 6.41. The number of primary amides is 1. The van der Waals surface area contributed by atoms with Gasteiger partial charge in [-0.15, -0.1) is 0 Å². The number of nitrogens with one attached hydrogen (secondary N) is 1. The van der Waals surface area contributed by atoms with Crippen molar-refractivity contribution in [3.63, 3.8) is 0 Å². The molecule has 1 heterocycles. The Bertz CT molecular complexity index is 1000. The fraction of sp³-hybridized carbons (Fsp3) is 0.625. The minimum absolute atomic E-state index is 0.0373. The van der Waals surface area contributed by atoms with Crippen molar-refractivity contribution >= 4 is 24.9 Å². The van der Waals surface area contributed by atoms with Crippen LogP contribution in [0.2, 0.25) is 0 Å². The maximum absolute atomic E-state index is 12.6. The Labute approximate surface area is 199 Å². The van der Waals surface area contributed by atoms with Crippen molar-refractivity contribution in [1.82, 2.24) is 5.32 Å². The van der Waals surface area contributed by atoms with Gasteiger partial charge in [0.1, 0.15) is 11.3 Å². The Morgan fingerprint density at radius 2 is 2.00 bits per heavy atom. The second-order valence-electron chi connectivity index (χ2n) is 10.5. The van der Waals surface area contributed by atoms with Crippen molar-refractivity contribution in [2.24, 2.45) is 23.0 Å². The van der Waals surface area contributed by atoms with Gasteiger partial charge >= 0.3 is 13.1 Å². The largest absolute Gasteiger partial charge is 0.496 e. The summed E-state index contributed by atoms with van der Waals surface area (Å²) in [6.45, 7) is 6.64. The van der Waals surface area contributed by atoms with Gasteiger partial charge in [0.05, 0.1) is 24.8 Å². The first-order chi connectivity index (χ1) is 16.0. The van der Waals surface area contributed by atoms with Crippen molar-refractivity contribution in [2.75, 3.05) is 7.11 Å². The molecule has 9 nitrogen and oxygen atoms in total. The predicted octanol–water partition coefficient (Wildman–Crippen LogP) is 1.95. The number of methoxy groups -OCH3 is 1. The van der Waals surface area contributed by atoms with Gasteiger partial charge in [-0.1, -0.05) is 26.0 Å². The molecule has 0 radical (unpaired) electrons. The third-order valence-corrected chi connectivity index (χ3v) is 8.21. The molecular formula is C24H33BN2O7. The maximum Gasteiger partial charge on any atom is 0.482 e. The van der Waals surface area contributed by atoms with Crippen molar-refractivity contribution < 1.29 is 33.5 Å². The summed E-state index contributed by atoms with van der Waals surface area (Å²) in [4.78, 5) is 35.5. The van der Waals surface area contributed by atoms with E-state index in [9.17, 15) is 19.5 Å². The predicted molar refractivity (Wildman–Crippen MR) is 124 cm³/mol. The molecule has 4 aliphatic rings. The van der Waals surface area contributed by atoms with Crippen LogP contribution in [0, 0.1) is 17.3 Å². The van der Waals surface area contributed by atoms with Crippen molar-refractivity contribution in [2.45, 2.75) is 70.5 Å². The zero-order valence-electron chi connectivity index (χ0n) is 20.1. The quantitative estimate of drug-likeness (QED) is 0.467. The second-order valence-corrected chi connectivity index (χ2v) is 10.5. The fourth-order valence-corrected chi connectivity index (χ4v) is 6.19. The molecule has 10 heteroatoms. The SMILES string of the molecule is COc1c(CC(NC(=O)CCC(N)=O)B2OC3CC4CC(C4(C)C)C3(C)O2)cccc1C(=O)O. The fourth-order valence-electron chi connectivity index (χ4n) is 6.19. The van der Waals surface area contributed by atoms with E-state index in [1.54, 1.807) is 12.1 Å². The number of ether oxygens (including phenoxy) is 1. The third-order valence-electron chi connectivity index (χ3n) is 8.21. The molecule has 4 N–H and O–H groups in total. The molecule has 5 rings (SSSR count). The average molecular weight is 472 g/mol. The molecule has 1 aromatic rings. The molecule has 0 spiro atoms. The zero-order valence-corrected chi connectivity index (χ0v) is 20.1. The highest BCUT2D eigenvalue weighted by atomic mass is 16.7. The molecule has 3 saturated carbocycles. The van der Waals surface area contributed by atoms with Gasteiger partial charge in [0.2, 0.25) is 11.8 Å². The first-order valence-corrected chi connectivity index (χ1v) is 11.8. The number of carbonyl (C=O) groups is 3. The second kappa shape index (κ2) is 8.89. The van der Waals surface area contributed by atoms with Gasteiger partial charge < -0.3 is 30.2 Å². The van der Waals surface area contributed by atoms with Crippen LogP contribution in [0.1, 0.15) is 62.4 Å². The van der Waals surface area contributed by atoms with Crippen molar-refractivity contribution in [1.29, 1.82) is 0 Å². The number of nitrogens with two attached hydrogens (primary N) is 1. The zero-order chi connectivity index (χ0) is 24.8. The number of para-hydroxylation sites is 1. The number of hydrogen-bond acceptors (Lipinski definition) is 6. The number of aromatic carboxylic acids is 1. The molecular weight excluding hydrogens is 439 g/mol. The lowest BCUT2D eigenvalue weighted by Gasteiger charge is -2.64. The topological polar surface area (TPSA) is 137 Å². The highest BCUT2D eigenvalue weighted by molar-refractivity contribution is 6.48. The third kappa shape index (κ3) is 4.18. The lowest BCUT2D eigenvalue weighted by molar-refractivity contribution is -0.199. The van der Waals surface area contributed by atoms with E-state index in [-0.39, 0.29) is 48.0 Å². The Morgan fingerprint density at radius 3 is 2.62 bits per heavy atom. The van der Waals surface area contributed by atoms with Gasteiger partial charge in [0.15, 0.2) is 0 Å². The van der Waals surface area contributed by atoms with E-state index in [0.717, 1.165) is 12.8 Å². The highest BCUT2D eigenvalue weighted by Crippen LogP contribution is 2.65. The number of amides is 2. The summed E-state index contributed by atoms with van der Waals surface area (Å²) in [7, 11) is 0.694. The molecule has 184 valence electrons. The summed E-state index contributed by atoms with van der Waals surface area (Å²) in [6, 6.07) is 4.87. The molecule has 2 amide bonds. The van der Waals surface area contributed by atoms with Crippen LogP contribution in [-0.2, 0) is 25.3 Å². The van der Waals surface area contributed by atoms with Crippen molar-refractivity contribution in [3.8, 4) is 5.75 Å². The summed E-state index contributed by atoms with van der Waals surface area (Å²) in [5.41, 5.74) is 5.55. The van der Waals surface area contributed by atoms with Gasteiger partial charge in [-0.05, 0) is 55.1 Å². The van der Waals surface area contributed by atoms with Gasteiger partial charge in [-0.3, -0.25) is 9.59 Å². The monoisotopic (exact) mass is 472 g/mol. The summed E-state index contributed by atoms with van der Waals surface area (Å²) < 4.78 is 18.4. The Morgan fingerprint density at radius 1 is 1.26 bits per heavy atom. The Balaban J connectivity index is 1.60. The number of rotatable bonds is 9. The average Bonchev–Trinajstić information content (AvgIpc) is 3.14. The van der Waals surface area contributed by atoms with Crippen LogP contribution in [0.25, 0.3) is 0 Å². The molecule has 2 bridgehead atoms. The van der Waals surface area contributed by atoms with Gasteiger partial charge in [-0.2, -0.15) is 0 Å². The summed E-state index contributed by atoms with van der Waals surface area (Å²) >= 11 is 0. The van der Waals surface area contributed by atoms with Gasteiger partial charge in [0, 0.05) is 12.8 Å². The van der Waals surface area contributed by atoms with E-state index in [1.807, 2.05) is 0 Å². The lowest BCUT2D eigenvalue weighted by Crippen LogP contribution is -2.65. The first kappa shape index (κ1) is 24.5. The van der Waals surface area contributed by atoms with Gasteiger partial charge in [-0.25, -0.2) is 4.79 Å². The molecule has 1 aliphatic heterocycles. The Hall–Kier alpha value is -2.59. The smallest absolute Gasteiger partial charge is 0.482 e. The molecule has 1 saturated heterocycles. The molecule has 3 aliphatic carbocycles. The van der Waals surface area contributed by atoms with E-state index >= 15 is 0 Å². The van der Waals surface area contributed by atoms with E-state index in [0.29, 0.717) is 17.4 Å². The van der Waals surface area contributed by atoms with Crippen LogP contribution >= 0.6 is 0 Å². The number of benzene rings is 1. The van der Waals surface area contributed by atoms with Gasteiger partial charge in [0.25, 0.3) is 0 Å². The summed E-state index contributed by atoms with van der Waals surface area (Å²) in [6.07, 6.45) is 2.03. The van der Waals surface area contributed by atoms with Crippen LogP contribution in [-0.4, -0.2) is 54.8 Å². The molecule has 34 heavy (non-hydrogen) atoms. The van der Waals surface area contributed by atoms with E-state index < -0.39 is 30.5 Å². The number of carboxylic acids is 1. The number of carboxylic acid groups (broad SMARTS) is 1. The summed E-state index contributed by atoms with van der Waals surface area (Å²) in [5.74, 6) is -1.46. The summed E-state index contributed by atoms with van der Waals surface area (Å²) in [5, 5.41) is 12.5. The normalized spacial score (nSPS) is 29.5. The van der Waals surface area contributed by atoms with Crippen LogP contribution in [0.15, 0.2) is 18.2 Å². The van der Waals surface area contributed by atoms with E-state index in [1.165, 1.54) is 13.2 Å².